The number of amides is 1. The summed E-state index contributed by atoms with van der Waals surface area (Å²) in [6, 6.07) is 9.44. The Labute approximate surface area is 116 Å². The summed E-state index contributed by atoms with van der Waals surface area (Å²) in [5, 5.41) is 0. The van der Waals surface area contributed by atoms with Gasteiger partial charge in [-0.25, -0.2) is 8.42 Å². The normalized spacial score (nSPS) is 11.0. The van der Waals surface area contributed by atoms with Crippen LogP contribution in [0.5, 0.6) is 0 Å². The SMILES string of the molecule is NC(=O)Cc1ccc(NS(=O)(=O)c2cccnc2)cc1. The van der Waals surface area contributed by atoms with Gasteiger partial charge in [0, 0.05) is 18.1 Å². The van der Waals surface area contributed by atoms with Crippen LogP contribution in [0.1, 0.15) is 5.56 Å². The molecule has 0 saturated carbocycles. The van der Waals surface area contributed by atoms with Gasteiger partial charge < -0.3 is 5.73 Å². The molecule has 0 aliphatic heterocycles. The number of anilines is 1. The maximum Gasteiger partial charge on any atom is 0.263 e. The van der Waals surface area contributed by atoms with Crippen molar-refractivity contribution in [1.82, 2.24) is 4.98 Å². The van der Waals surface area contributed by atoms with Crippen LogP contribution in [0.15, 0.2) is 53.7 Å². The number of pyridine rings is 1. The first-order valence-electron chi connectivity index (χ1n) is 5.77. The first kappa shape index (κ1) is 14.0. The van der Waals surface area contributed by atoms with Crippen molar-refractivity contribution in [3.05, 3.63) is 54.4 Å². The maximum absolute atomic E-state index is 12.0. The summed E-state index contributed by atoms with van der Waals surface area (Å²) in [6.45, 7) is 0. The third-order valence-electron chi connectivity index (χ3n) is 2.53. The van der Waals surface area contributed by atoms with E-state index in [2.05, 4.69) is 9.71 Å². The molecule has 2 aromatic rings. The van der Waals surface area contributed by atoms with Gasteiger partial charge in [0.15, 0.2) is 0 Å². The van der Waals surface area contributed by atoms with E-state index in [0.717, 1.165) is 5.56 Å². The van der Waals surface area contributed by atoms with E-state index in [0.29, 0.717) is 5.69 Å². The Kier molecular flexibility index (Phi) is 3.99. The number of rotatable bonds is 5. The summed E-state index contributed by atoms with van der Waals surface area (Å²) < 4.78 is 26.5. The van der Waals surface area contributed by atoms with E-state index in [9.17, 15) is 13.2 Å². The van der Waals surface area contributed by atoms with Crippen molar-refractivity contribution >= 4 is 21.6 Å². The van der Waals surface area contributed by atoms with Gasteiger partial charge in [0.05, 0.1) is 6.42 Å². The monoisotopic (exact) mass is 291 g/mol. The zero-order valence-electron chi connectivity index (χ0n) is 10.5. The number of benzene rings is 1. The van der Waals surface area contributed by atoms with Crippen LogP contribution in [-0.4, -0.2) is 19.3 Å². The summed E-state index contributed by atoms with van der Waals surface area (Å²) in [4.78, 5) is 14.6. The smallest absolute Gasteiger partial charge is 0.263 e. The molecule has 0 unspecified atom stereocenters. The van der Waals surface area contributed by atoms with Crippen LogP contribution in [-0.2, 0) is 21.2 Å². The van der Waals surface area contributed by atoms with Gasteiger partial charge in [0.2, 0.25) is 5.91 Å². The van der Waals surface area contributed by atoms with E-state index >= 15 is 0 Å². The van der Waals surface area contributed by atoms with Gasteiger partial charge in [-0.2, -0.15) is 0 Å². The predicted octanol–water partition coefficient (Wildman–Crippen LogP) is 0.910. The molecule has 0 aliphatic rings. The zero-order valence-corrected chi connectivity index (χ0v) is 11.3. The lowest BCUT2D eigenvalue weighted by atomic mass is 10.1. The standard InChI is InChI=1S/C13H13N3O3S/c14-13(17)8-10-3-5-11(6-4-10)16-20(18,19)12-2-1-7-15-9-12/h1-7,9,16H,8H2,(H2,14,17). The molecule has 0 saturated heterocycles. The molecular formula is C13H13N3O3S. The molecule has 0 atom stereocenters. The van der Waals surface area contributed by atoms with Crippen LogP contribution in [0.25, 0.3) is 0 Å². The first-order valence-corrected chi connectivity index (χ1v) is 7.26. The van der Waals surface area contributed by atoms with Crippen molar-refractivity contribution in [2.75, 3.05) is 4.72 Å². The number of nitrogens with two attached hydrogens (primary N) is 1. The number of carbonyl (C=O) groups is 1. The van der Waals surface area contributed by atoms with Crippen LogP contribution in [0, 0.1) is 0 Å². The Hall–Kier alpha value is -2.41. The molecule has 0 radical (unpaired) electrons. The molecule has 3 N–H and O–H groups in total. The minimum atomic E-state index is -3.65. The zero-order chi connectivity index (χ0) is 14.6. The van der Waals surface area contributed by atoms with Gasteiger partial charge in [-0.3, -0.25) is 14.5 Å². The number of hydrogen-bond donors (Lipinski definition) is 2. The topological polar surface area (TPSA) is 102 Å². The second-order valence-electron chi connectivity index (χ2n) is 4.13. The lowest BCUT2D eigenvalue weighted by molar-refractivity contribution is -0.117. The fraction of sp³-hybridized carbons (Fsp3) is 0.0769. The summed E-state index contributed by atoms with van der Waals surface area (Å²) in [7, 11) is -3.65. The van der Waals surface area contributed by atoms with Crippen molar-refractivity contribution < 1.29 is 13.2 Å². The Morgan fingerprint density at radius 2 is 1.90 bits per heavy atom. The van der Waals surface area contributed by atoms with Crippen molar-refractivity contribution in [3.8, 4) is 0 Å². The van der Waals surface area contributed by atoms with E-state index < -0.39 is 15.9 Å². The highest BCUT2D eigenvalue weighted by molar-refractivity contribution is 7.92. The minimum Gasteiger partial charge on any atom is -0.369 e. The largest absolute Gasteiger partial charge is 0.369 e. The number of primary amides is 1. The van der Waals surface area contributed by atoms with Gasteiger partial charge in [-0.1, -0.05) is 12.1 Å². The summed E-state index contributed by atoms with van der Waals surface area (Å²) in [5.41, 5.74) is 6.21. The van der Waals surface area contributed by atoms with Gasteiger partial charge in [-0.05, 0) is 29.8 Å². The minimum absolute atomic E-state index is 0.0845. The molecule has 104 valence electrons. The molecule has 6 nitrogen and oxygen atoms in total. The summed E-state index contributed by atoms with van der Waals surface area (Å²) >= 11 is 0. The molecule has 2 rings (SSSR count). The van der Waals surface area contributed by atoms with Gasteiger partial charge in [0.25, 0.3) is 10.0 Å². The molecular weight excluding hydrogens is 278 g/mol. The van der Waals surface area contributed by atoms with Crippen LogP contribution < -0.4 is 10.5 Å². The first-order chi connectivity index (χ1) is 9.47. The lowest BCUT2D eigenvalue weighted by Gasteiger charge is -2.08. The van der Waals surface area contributed by atoms with E-state index in [1.54, 1.807) is 30.3 Å². The molecule has 0 fully saturated rings. The highest BCUT2D eigenvalue weighted by Crippen LogP contribution is 2.15. The molecule has 1 aromatic carbocycles. The lowest BCUT2D eigenvalue weighted by Crippen LogP contribution is -2.14. The highest BCUT2D eigenvalue weighted by Gasteiger charge is 2.13. The van der Waals surface area contributed by atoms with Crippen molar-refractivity contribution in [3.63, 3.8) is 0 Å². The van der Waals surface area contributed by atoms with Crippen LogP contribution >= 0.6 is 0 Å². The fourth-order valence-corrected chi connectivity index (χ4v) is 2.63. The Morgan fingerprint density at radius 1 is 1.20 bits per heavy atom. The van der Waals surface area contributed by atoms with Gasteiger partial charge >= 0.3 is 0 Å². The number of hydrogen-bond acceptors (Lipinski definition) is 4. The van der Waals surface area contributed by atoms with Crippen molar-refractivity contribution in [2.45, 2.75) is 11.3 Å². The number of aromatic nitrogens is 1. The third kappa shape index (κ3) is 3.55. The number of sulfonamides is 1. The summed E-state index contributed by atoms with van der Waals surface area (Å²) in [6.07, 6.45) is 2.89. The predicted molar refractivity (Wildman–Crippen MR) is 74.4 cm³/mol. The third-order valence-corrected chi connectivity index (χ3v) is 3.90. The molecule has 0 spiro atoms. The van der Waals surface area contributed by atoms with Crippen molar-refractivity contribution in [1.29, 1.82) is 0 Å². The summed E-state index contributed by atoms with van der Waals surface area (Å²) in [5.74, 6) is -0.436. The Balaban J connectivity index is 2.16. The second-order valence-corrected chi connectivity index (χ2v) is 5.82. The molecule has 1 amide bonds. The molecule has 7 heteroatoms. The molecule has 0 aliphatic carbocycles. The number of carbonyl (C=O) groups excluding carboxylic acids is 1. The number of nitrogens with one attached hydrogen (secondary N) is 1. The van der Waals surface area contributed by atoms with Crippen molar-refractivity contribution in [2.24, 2.45) is 5.73 Å². The molecule has 20 heavy (non-hydrogen) atoms. The van der Waals surface area contributed by atoms with E-state index in [1.165, 1.54) is 18.5 Å². The van der Waals surface area contributed by atoms with Gasteiger partial charge in [-0.15, -0.1) is 0 Å². The fourth-order valence-electron chi connectivity index (χ4n) is 1.61. The quantitative estimate of drug-likeness (QED) is 0.854. The van der Waals surface area contributed by atoms with Crippen LogP contribution in [0.4, 0.5) is 5.69 Å². The maximum atomic E-state index is 12.0. The second kappa shape index (κ2) is 5.70. The molecule has 0 bridgehead atoms. The van der Waals surface area contributed by atoms with Crippen LogP contribution in [0.2, 0.25) is 0 Å². The number of nitrogens with zero attached hydrogens (tertiary/aromatic N) is 1. The average Bonchev–Trinajstić information content (AvgIpc) is 2.41. The highest BCUT2D eigenvalue weighted by atomic mass is 32.2. The van der Waals surface area contributed by atoms with E-state index in [-0.39, 0.29) is 11.3 Å². The molecule has 1 aromatic heterocycles. The Morgan fingerprint density at radius 3 is 2.45 bits per heavy atom. The van der Waals surface area contributed by atoms with E-state index in [1.807, 2.05) is 0 Å². The average molecular weight is 291 g/mol. The van der Waals surface area contributed by atoms with Crippen LogP contribution in [0.3, 0.4) is 0 Å². The van der Waals surface area contributed by atoms with E-state index in [4.69, 9.17) is 5.73 Å². The molecule has 1 heterocycles. The van der Waals surface area contributed by atoms with Gasteiger partial charge in [0.1, 0.15) is 4.90 Å². The Bertz CT molecular complexity index is 697.